The molecule has 3 rings (SSSR count). The topological polar surface area (TPSA) is 124 Å². The predicted molar refractivity (Wildman–Crippen MR) is 116 cm³/mol. The van der Waals surface area contributed by atoms with Crippen molar-refractivity contribution in [2.45, 2.75) is 14.3 Å². The fourth-order valence-electron chi connectivity index (χ4n) is 2.26. The van der Waals surface area contributed by atoms with Crippen molar-refractivity contribution in [3.63, 3.8) is 0 Å². The Bertz CT molecular complexity index is 1150. The van der Waals surface area contributed by atoms with E-state index in [1.165, 1.54) is 13.2 Å². The van der Waals surface area contributed by atoms with Crippen LogP contribution in [-0.2, 0) is 14.6 Å². The molecule has 0 atom stereocenters. The molecule has 3 aromatic rings. The summed E-state index contributed by atoms with van der Waals surface area (Å²) in [7, 11) is -2.29. The minimum atomic E-state index is -3.81. The number of nitrogen functional groups attached to an aromatic ring is 1. The Balaban J connectivity index is 1.68. The van der Waals surface area contributed by atoms with E-state index < -0.39 is 9.84 Å². The number of hydrogen-bond donors (Lipinski definition) is 2. The van der Waals surface area contributed by atoms with Crippen LogP contribution in [0.2, 0.25) is 0 Å². The Hall–Kier alpha value is -2.15. The van der Waals surface area contributed by atoms with Gasteiger partial charge in [-0.2, -0.15) is 0 Å². The number of carbonyl (C=O) groups excluding carboxylic acids is 1. The van der Waals surface area contributed by atoms with Crippen molar-refractivity contribution in [1.82, 2.24) is 9.97 Å². The fraction of sp³-hybridized carbons (Fsp3) is 0.118. The maximum atomic E-state index is 12.7. The molecule has 0 spiro atoms. The maximum Gasteiger partial charge on any atom is 0.234 e. The normalized spacial score (nSPS) is 11.2. The first-order chi connectivity index (χ1) is 13.8. The second kappa shape index (κ2) is 9.11. The first-order valence-corrected chi connectivity index (χ1v) is 12.1. The molecule has 0 aliphatic rings. The van der Waals surface area contributed by atoms with Crippen LogP contribution in [0.25, 0.3) is 0 Å². The van der Waals surface area contributed by atoms with Gasteiger partial charge in [-0.05, 0) is 40.2 Å². The molecular formula is C17H15BrN4O4S3. The van der Waals surface area contributed by atoms with Crippen molar-refractivity contribution in [2.75, 3.05) is 23.9 Å². The zero-order chi connectivity index (χ0) is 21.0. The van der Waals surface area contributed by atoms with Gasteiger partial charge in [-0.1, -0.05) is 23.9 Å². The second-order valence-electron chi connectivity index (χ2n) is 5.50. The van der Waals surface area contributed by atoms with Gasteiger partial charge in [0.25, 0.3) is 0 Å². The summed E-state index contributed by atoms with van der Waals surface area (Å²) in [5.41, 5.74) is 6.40. The number of aromatic nitrogens is 2. The number of sulfone groups is 1. The number of thioether (sulfide) groups is 1. The van der Waals surface area contributed by atoms with Crippen LogP contribution in [0.15, 0.2) is 60.6 Å². The second-order valence-corrected chi connectivity index (χ2v) is 11.1. The lowest BCUT2D eigenvalue weighted by Gasteiger charge is -2.09. The molecule has 0 unspecified atom stereocenters. The van der Waals surface area contributed by atoms with Gasteiger partial charge in [-0.15, -0.1) is 11.3 Å². The molecule has 0 aliphatic heterocycles. The largest absolute Gasteiger partial charge is 0.495 e. The summed E-state index contributed by atoms with van der Waals surface area (Å²) in [5, 5.41) is 2.93. The molecule has 8 nitrogen and oxygen atoms in total. The average molecular weight is 515 g/mol. The Morgan fingerprint density at radius 1 is 1.31 bits per heavy atom. The molecule has 0 fully saturated rings. The minimum absolute atomic E-state index is 0.0153. The van der Waals surface area contributed by atoms with Gasteiger partial charge in [0.15, 0.2) is 5.16 Å². The van der Waals surface area contributed by atoms with Gasteiger partial charge < -0.3 is 15.8 Å². The summed E-state index contributed by atoms with van der Waals surface area (Å²) >= 11 is 5.35. The molecule has 2 heterocycles. The van der Waals surface area contributed by atoms with E-state index in [1.807, 2.05) is 0 Å². The van der Waals surface area contributed by atoms with Gasteiger partial charge in [-0.3, -0.25) is 4.79 Å². The van der Waals surface area contributed by atoms with E-state index in [-0.39, 0.29) is 31.7 Å². The molecule has 0 saturated carbocycles. The van der Waals surface area contributed by atoms with Crippen LogP contribution in [0.1, 0.15) is 0 Å². The van der Waals surface area contributed by atoms with Crippen LogP contribution in [0.5, 0.6) is 5.75 Å². The SMILES string of the molecule is COc1ccccc1NC(=O)CSc1ncc(S(=O)(=O)c2ccc(Br)s2)c(N)n1. The van der Waals surface area contributed by atoms with Crippen molar-refractivity contribution >= 4 is 66.3 Å². The highest BCUT2D eigenvalue weighted by atomic mass is 79.9. The van der Waals surface area contributed by atoms with Crippen LogP contribution >= 0.6 is 39.0 Å². The number of nitrogens with zero attached hydrogens (tertiary/aromatic N) is 2. The summed E-state index contributed by atoms with van der Waals surface area (Å²) in [5.74, 6) is 0.0987. The van der Waals surface area contributed by atoms with Crippen molar-refractivity contribution in [2.24, 2.45) is 0 Å². The number of halogens is 1. The number of rotatable bonds is 7. The number of thiophene rings is 1. The average Bonchev–Trinajstić information content (AvgIpc) is 3.14. The van der Waals surface area contributed by atoms with Gasteiger partial charge in [-0.25, -0.2) is 18.4 Å². The van der Waals surface area contributed by atoms with E-state index >= 15 is 0 Å². The summed E-state index contributed by atoms with van der Waals surface area (Å²) in [4.78, 5) is 20.1. The lowest BCUT2D eigenvalue weighted by molar-refractivity contribution is -0.113. The van der Waals surface area contributed by atoms with E-state index in [9.17, 15) is 13.2 Å². The number of anilines is 2. The van der Waals surface area contributed by atoms with Gasteiger partial charge in [0, 0.05) is 0 Å². The van der Waals surface area contributed by atoms with Crippen molar-refractivity contribution < 1.29 is 17.9 Å². The number of hydrogen-bond acceptors (Lipinski definition) is 9. The lowest BCUT2D eigenvalue weighted by Crippen LogP contribution is -2.15. The van der Waals surface area contributed by atoms with Gasteiger partial charge in [0.2, 0.25) is 15.7 Å². The number of nitrogens with one attached hydrogen (secondary N) is 1. The molecule has 3 N–H and O–H groups in total. The molecule has 29 heavy (non-hydrogen) atoms. The first-order valence-electron chi connectivity index (χ1n) is 8.00. The quantitative estimate of drug-likeness (QED) is 0.362. The first kappa shape index (κ1) is 21.6. The molecule has 0 saturated heterocycles. The molecule has 0 radical (unpaired) electrons. The van der Waals surface area contributed by atoms with Gasteiger partial charge >= 0.3 is 0 Å². The van der Waals surface area contributed by atoms with Gasteiger partial charge in [0.05, 0.1) is 28.5 Å². The standard InChI is InChI=1S/C17H15BrN4O4S3/c1-26-11-5-3-2-4-10(11)21-14(23)9-27-17-20-8-12(16(19)22-17)29(24,25)15-7-6-13(18)28-15/h2-8H,9H2,1H3,(H,21,23)(H2,19,20,22). The Kier molecular flexibility index (Phi) is 6.77. The Morgan fingerprint density at radius 3 is 2.72 bits per heavy atom. The van der Waals surface area contributed by atoms with Crippen LogP contribution < -0.4 is 15.8 Å². The number of para-hydroxylation sites is 2. The fourth-order valence-corrected chi connectivity index (χ4v) is 6.28. The lowest BCUT2D eigenvalue weighted by atomic mass is 10.3. The highest BCUT2D eigenvalue weighted by molar-refractivity contribution is 9.11. The summed E-state index contributed by atoms with van der Waals surface area (Å²) in [6.45, 7) is 0. The van der Waals surface area contributed by atoms with E-state index in [4.69, 9.17) is 10.5 Å². The monoisotopic (exact) mass is 514 g/mol. The van der Waals surface area contributed by atoms with E-state index in [0.29, 0.717) is 15.2 Å². The summed E-state index contributed by atoms with van der Waals surface area (Å²) in [6, 6.07) is 10.1. The van der Waals surface area contributed by atoms with Crippen molar-refractivity contribution in [1.29, 1.82) is 0 Å². The van der Waals surface area contributed by atoms with Crippen molar-refractivity contribution in [3.05, 3.63) is 46.4 Å². The molecule has 1 aromatic carbocycles. The predicted octanol–water partition coefficient (Wildman–Crippen LogP) is 3.46. The van der Waals surface area contributed by atoms with Crippen molar-refractivity contribution in [3.8, 4) is 5.75 Å². The number of carbonyl (C=O) groups is 1. The molecule has 12 heteroatoms. The number of methoxy groups -OCH3 is 1. The smallest absolute Gasteiger partial charge is 0.234 e. The molecule has 0 bridgehead atoms. The maximum absolute atomic E-state index is 12.7. The number of ether oxygens (including phenoxy) is 1. The molecule has 1 amide bonds. The summed E-state index contributed by atoms with van der Waals surface area (Å²) in [6.07, 6.45) is 1.16. The molecule has 2 aromatic heterocycles. The Morgan fingerprint density at radius 2 is 2.07 bits per heavy atom. The third-order valence-electron chi connectivity index (χ3n) is 3.58. The van der Waals surface area contributed by atoms with Crippen LogP contribution in [-0.4, -0.2) is 37.2 Å². The van der Waals surface area contributed by atoms with Crippen LogP contribution in [0.3, 0.4) is 0 Å². The minimum Gasteiger partial charge on any atom is -0.495 e. The Labute approximate surface area is 184 Å². The zero-order valence-electron chi connectivity index (χ0n) is 15.0. The van der Waals surface area contributed by atoms with Crippen LogP contribution in [0, 0.1) is 0 Å². The number of amides is 1. The molecule has 0 aliphatic carbocycles. The zero-order valence-corrected chi connectivity index (χ0v) is 19.0. The highest BCUT2D eigenvalue weighted by Gasteiger charge is 2.24. The third-order valence-corrected chi connectivity index (χ3v) is 8.32. The van der Waals surface area contributed by atoms with E-state index in [1.54, 1.807) is 30.3 Å². The van der Waals surface area contributed by atoms with E-state index in [0.717, 1.165) is 29.3 Å². The number of nitrogens with two attached hydrogens (primary N) is 1. The van der Waals surface area contributed by atoms with Crippen LogP contribution in [0.4, 0.5) is 11.5 Å². The third kappa shape index (κ3) is 5.07. The molecule has 152 valence electrons. The highest BCUT2D eigenvalue weighted by Crippen LogP contribution is 2.32. The number of benzene rings is 1. The summed E-state index contributed by atoms with van der Waals surface area (Å²) < 4.78 is 31.3. The molecular weight excluding hydrogens is 500 g/mol. The van der Waals surface area contributed by atoms with E-state index in [2.05, 4.69) is 31.2 Å². The van der Waals surface area contributed by atoms with Gasteiger partial charge in [0.1, 0.15) is 20.7 Å².